The summed E-state index contributed by atoms with van der Waals surface area (Å²) >= 11 is 0. The molecule has 4 heteroatoms. The van der Waals surface area contributed by atoms with Gasteiger partial charge in [0.15, 0.2) is 11.5 Å². The maximum atomic E-state index is 10.5. The number of hydrogen-bond acceptors (Lipinski definition) is 4. The van der Waals surface area contributed by atoms with Gasteiger partial charge in [-0.1, -0.05) is 6.07 Å². The van der Waals surface area contributed by atoms with Crippen LogP contribution in [0.5, 0.6) is 11.5 Å². The molecule has 0 aromatic heterocycles. The van der Waals surface area contributed by atoms with Crippen molar-refractivity contribution in [1.82, 2.24) is 0 Å². The smallest absolute Gasteiger partial charge is 0.161 e. The third-order valence-corrected chi connectivity index (χ3v) is 4.22. The summed E-state index contributed by atoms with van der Waals surface area (Å²) in [6, 6.07) is 5.65. The number of benzene rings is 1. The van der Waals surface area contributed by atoms with E-state index in [2.05, 4.69) is 0 Å². The van der Waals surface area contributed by atoms with Gasteiger partial charge in [-0.25, -0.2) is 0 Å². The molecule has 118 valence electrons. The van der Waals surface area contributed by atoms with Crippen LogP contribution in [0.15, 0.2) is 18.2 Å². The van der Waals surface area contributed by atoms with E-state index in [1.807, 2.05) is 32.0 Å². The summed E-state index contributed by atoms with van der Waals surface area (Å²) in [7, 11) is 1.73. The van der Waals surface area contributed by atoms with E-state index in [9.17, 15) is 5.11 Å². The average molecular weight is 294 g/mol. The lowest BCUT2D eigenvalue weighted by Gasteiger charge is -2.41. The van der Waals surface area contributed by atoms with Gasteiger partial charge in [0, 0.05) is 13.5 Å². The van der Waals surface area contributed by atoms with Crippen LogP contribution in [-0.4, -0.2) is 31.0 Å². The number of methoxy groups -OCH3 is 1. The Bertz CT molecular complexity index is 449. The van der Waals surface area contributed by atoms with Gasteiger partial charge in [-0.15, -0.1) is 0 Å². The van der Waals surface area contributed by atoms with Gasteiger partial charge in [-0.2, -0.15) is 0 Å². The molecule has 0 amide bonds. The normalized spacial score (nSPS) is 17.9. The number of aliphatic hydroxyl groups is 1. The quantitative estimate of drug-likeness (QED) is 0.797. The fourth-order valence-electron chi connectivity index (χ4n) is 2.81. The molecule has 0 aliphatic heterocycles. The monoisotopic (exact) mass is 294 g/mol. The number of hydrogen-bond donors (Lipinski definition) is 1. The second kappa shape index (κ2) is 7.14. The number of ether oxygens (including phenoxy) is 3. The van der Waals surface area contributed by atoms with E-state index in [4.69, 9.17) is 14.2 Å². The van der Waals surface area contributed by atoms with Gasteiger partial charge in [0.2, 0.25) is 0 Å². The summed E-state index contributed by atoms with van der Waals surface area (Å²) in [5, 5.41) is 10.5. The fraction of sp³-hybridized carbons (Fsp3) is 0.647. The zero-order chi connectivity index (χ0) is 15.3. The van der Waals surface area contributed by atoms with Gasteiger partial charge < -0.3 is 19.3 Å². The molecule has 0 saturated heterocycles. The lowest BCUT2D eigenvalue weighted by Crippen LogP contribution is -2.40. The molecule has 0 spiro atoms. The Morgan fingerprint density at radius 1 is 1.14 bits per heavy atom. The summed E-state index contributed by atoms with van der Waals surface area (Å²) in [6.07, 6.45) is 3.31. The predicted octanol–water partition coefficient (Wildman–Crippen LogP) is 3.48. The third kappa shape index (κ3) is 3.69. The maximum Gasteiger partial charge on any atom is 0.161 e. The van der Waals surface area contributed by atoms with Crippen LogP contribution in [0.4, 0.5) is 0 Å². The van der Waals surface area contributed by atoms with Crippen LogP contribution in [0.1, 0.15) is 51.2 Å². The molecule has 1 aliphatic carbocycles. The highest BCUT2D eigenvalue weighted by atomic mass is 16.5. The van der Waals surface area contributed by atoms with E-state index in [0.717, 1.165) is 24.2 Å². The van der Waals surface area contributed by atoms with Crippen LogP contribution >= 0.6 is 0 Å². The molecule has 1 saturated carbocycles. The maximum absolute atomic E-state index is 10.5. The molecule has 0 heterocycles. The van der Waals surface area contributed by atoms with E-state index in [1.165, 1.54) is 6.42 Å². The lowest BCUT2D eigenvalue weighted by molar-refractivity contribution is -0.0999. The zero-order valence-electron chi connectivity index (χ0n) is 13.2. The van der Waals surface area contributed by atoms with E-state index >= 15 is 0 Å². The SMILES string of the molecule is CCOc1ccc(C(O)CC2(OC)CCC2)cc1OCC. The van der Waals surface area contributed by atoms with Gasteiger partial charge in [-0.3, -0.25) is 0 Å². The molecule has 1 aromatic rings. The third-order valence-electron chi connectivity index (χ3n) is 4.22. The van der Waals surface area contributed by atoms with Crippen molar-refractivity contribution in [3.05, 3.63) is 23.8 Å². The minimum Gasteiger partial charge on any atom is -0.490 e. The largest absolute Gasteiger partial charge is 0.490 e. The molecule has 1 aliphatic rings. The number of rotatable bonds is 8. The van der Waals surface area contributed by atoms with E-state index in [1.54, 1.807) is 7.11 Å². The van der Waals surface area contributed by atoms with Crippen molar-refractivity contribution in [2.45, 2.75) is 51.2 Å². The Labute approximate surface area is 127 Å². The summed E-state index contributed by atoms with van der Waals surface area (Å²) in [6.45, 7) is 5.04. The highest BCUT2D eigenvalue weighted by Crippen LogP contribution is 2.42. The molecule has 1 aromatic carbocycles. The van der Waals surface area contributed by atoms with Gasteiger partial charge in [-0.05, 0) is 50.8 Å². The Hall–Kier alpha value is -1.26. The highest BCUT2D eigenvalue weighted by molar-refractivity contribution is 5.43. The molecular weight excluding hydrogens is 268 g/mol. The second-order valence-corrected chi connectivity index (χ2v) is 5.53. The van der Waals surface area contributed by atoms with Crippen LogP contribution < -0.4 is 9.47 Å². The molecule has 0 bridgehead atoms. The Morgan fingerprint density at radius 3 is 2.33 bits per heavy atom. The molecule has 1 atom stereocenters. The first-order valence-electron chi connectivity index (χ1n) is 7.77. The molecule has 1 unspecified atom stereocenters. The Morgan fingerprint density at radius 2 is 1.81 bits per heavy atom. The van der Waals surface area contributed by atoms with Gasteiger partial charge in [0.1, 0.15) is 0 Å². The van der Waals surface area contributed by atoms with Gasteiger partial charge in [0.25, 0.3) is 0 Å². The summed E-state index contributed by atoms with van der Waals surface area (Å²) in [4.78, 5) is 0. The summed E-state index contributed by atoms with van der Waals surface area (Å²) in [5.41, 5.74) is 0.703. The second-order valence-electron chi connectivity index (χ2n) is 5.53. The van der Waals surface area contributed by atoms with Crippen molar-refractivity contribution in [3.8, 4) is 11.5 Å². The minimum absolute atomic E-state index is 0.149. The molecule has 1 fully saturated rings. The Kier molecular flexibility index (Phi) is 5.48. The number of aliphatic hydroxyl groups excluding tert-OH is 1. The molecule has 21 heavy (non-hydrogen) atoms. The van der Waals surface area contributed by atoms with Crippen LogP contribution in [0, 0.1) is 0 Å². The summed E-state index contributed by atoms with van der Waals surface area (Å²) in [5.74, 6) is 1.41. The molecule has 0 radical (unpaired) electrons. The topological polar surface area (TPSA) is 47.9 Å². The molecule has 4 nitrogen and oxygen atoms in total. The minimum atomic E-state index is -0.542. The molecule has 1 N–H and O–H groups in total. The lowest BCUT2D eigenvalue weighted by atomic mass is 9.75. The van der Waals surface area contributed by atoms with Gasteiger partial charge in [0.05, 0.1) is 24.9 Å². The first-order valence-corrected chi connectivity index (χ1v) is 7.77. The van der Waals surface area contributed by atoms with Gasteiger partial charge >= 0.3 is 0 Å². The van der Waals surface area contributed by atoms with E-state index in [-0.39, 0.29) is 5.60 Å². The predicted molar refractivity (Wildman–Crippen MR) is 81.9 cm³/mol. The van der Waals surface area contributed by atoms with Crippen molar-refractivity contribution >= 4 is 0 Å². The van der Waals surface area contributed by atoms with Crippen LogP contribution in [0.3, 0.4) is 0 Å². The molecule has 2 rings (SSSR count). The van der Waals surface area contributed by atoms with Crippen LogP contribution in [0.25, 0.3) is 0 Å². The van der Waals surface area contributed by atoms with E-state index in [0.29, 0.717) is 25.4 Å². The van der Waals surface area contributed by atoms with Crippen molar-refractivity contribution < 1.29 is 19.3 Å². The van der Waals surface area contributed by atoms with Crippen molar-refractivity contribution in [3.63, 3.8) is 0 Å². The van der Waals surface area contributed by atoms with E-state index < -0.39 is 6.10 Å². The standard InChI is InChI=1S/C17H26O4/c1-4-20-15-8-7-13(11-16(15)21-5-2)14(18)12-17(19-3)9-6-10-17/h7-8,11,14,18H,4-6,9-10,12H2,1-3H3. The van der Waals surface area contributed by atoms with Crippen molar-refractivity contribution in [2.75, 3.05) is 20.3 Å². The van der Waals surface area contributed by atoms with Crippen LogP contribution in [-0.2, 0) is 4.74 Å². The summed E-state index contributed by atoms with van der Waals surface area (Å²) < 4.78 is 16.7. The fourth-order valence-corrected chi connectivity index (χ4v) is 2.81. The zero-order valence-corrected chi connectivity index (χ0v) is 13.2. The van der Waals surface area contributed by atoms with Crippen molar-refractivity contribution in [1.29, 1.82) is 0 Å². The highest BCUT2D eigenvalue weighted by Gasteiger charge is 2.39. The first-order chi connectivity index (χ1) is 10.1. The molecular formula is C17H26O4. The first kappa shape index (κ1) is 16.1. The van der Waals surface area contributed by atoms with Crippen molar-refractivity contribution in [2.24, 2.45) is 0 Å². The Balaban J connectivity index is 2.13. The average Bonchev–Trinajstić information content (AvgIpc) is 2.45. The van der Waals surface area contributed by atoms with Crippen LogP contribution in [0.2, 0.25) is 0 Å².